The van der Waals surface area contributed by atoms with E-state index in [1.165, 1.54) is 379 Å². The molecule has 0 spiro atoms. The van der Waals surface area contributed by atoms with Crippen molar-refractivity contribution in [1.82, 2.24) is 5.32 Å². The molecular formula is C84H161NO5. The molecule has 2 atom stereocenters. The quantitative estimate of drug-likeness (QED) is 0.0320. The van der Waals surface area contributed by atoms with Gasteiger partial charge in [-0.3, -0.25) is 9.59 Å². The number of allylic oxidation sites excluding steroid dienone is 6. The van der Waals surface area contributed by atoms with E-state index in [0.717, 1.165) is 51.4 Å². The molecule has 532 valence electrons. The summed E-state index contributed by atoms with van der Waals surface area (Å²) in [7, 11) is 0. The highest BCUT2D eigenvalue weighted by Crippen LogP contribution is 2.20. The fraction of sp³-hybridized carbons (Fsp3) is 0.905. The monoisotopic (exact) mass is 1260 g/mol. The number of aliphatic hydroxyl groups excluding tert-OH is 2. The molecule has 6 heteroatoms. The Labute approximate surface area is 564 Å². The summed E-state index contributed by atoms with van der Waals surface area (Å²) in [5, 5.41) is 23.5. The number of rotatable bonds is 78. The smallest absolute Gasteiger partial charge is 0.305 e. The first-order chi connectivity index (χ1) is 44.5. The molecule has 0 radical (unpaired) electrons. The van der Waals surface area contributed by atoms with Crippen molar-refractivity contribution in [1.29, 1.82) is 0 Å². The van der Waals surface area contributed by atoms with E-state index in [-0.39, 0.29) is 18.5 Å². The van der Waals surface area contributed by atoms with Crippen LogP contribution < -0.4 is 5.32 Å². The van der Waals surface area contributed by atoms with E-state index < -0.39 is 12.1 Å². The van der Waals surface area contributed by atoms with E-state index in [1.54, 1.807) is 0 Å². The SMILES string of the molecule is CCCCCC/C=C\C/C=C\CCCCCCCCCC(=O)OCCCCCCCCCCCCCCCC/C=C\CCCCCCCCCCCCCCCCCCCC(=O)NC(CO)C(O)CCCCCCCCCCCCCCCCCCCCCC. The molecule has 6 nitrogen and oxygen atoms in total. The van der Waals surface area contributed by atoms with E-state index in [0.29, 0.717) is 25.9 Å². The molecule has 0 heterocycles. The van der Waals surface area contributed by atoms with Crippen molar-refractivity contribution in [3.8, 4) is 0 Å². The zero-order chi connectivity index (χ0) is 64.9. The molecule has 0 aromatic heterocycles. The molecule has 0 aromatic rings. The third-order valence-corrected chi connectivity index (χ3v) is 19.4. The predicted molar refractivity (Wildman–Crippen MR) is 398 cm³/mol. The molecule has 0 aliphatic rings. The molecule has 90 heavy (non-hydrogen) atoms. The molecule has 0 aliphatic heterocycles. The number of carbonyl (C=O) groups excluding carboxylic acids is 2. The summed E-state index contributed by atoms with van der Waals surface area (Å²) in [5.74, 6) is -0.0127. The van der Waals surface area contributed by atoms with Crippen LogP contribution in [0.25, 0.3) is 0 Å². The van der Waals surface area contributed by atoms with Crippen LogP contribution in [0.1, 0.15) is 463 Å². The van der Waals surface area contributed by atoms with Crippen LogP contribution in [-0.2, 0) is 14.3 Å². The van der Waals surface area contributed by atoms with Gasteiger partial charge in [0, 0.05) is 12.8 Å². The van der Waals surface area contributed by atoms with Crippen LogP contribution in [0, 0.1) is 0 Å². The molecule has 0 aromatic carbocycles. The van der Waals surface area contributed by atoms with E-state index in [1.807, 2.05) is 0 Å². The molecule has 0 bridgehead atoms. The molecule has 0 saturated carbocycles. The average Bonchev–Trinajstić information content (AvgIpc) is 3.71. The van der Waals surface area contributed by atoms with Crippen LogP contribution >= 0.6 is 0 Å². The number of nitrogens with one attached hydrogen (secondary N) is 1. The number of carbonyl (C=O) groups is 2. The molecule has 3 N–H and O–H groups in total. The summed E-state index contributed by atoms with van der Waals surface area (Å²) < 4.78 is 5.51. The lowest BCUT2D eigenvalue weighted by Crippen LogP contribution is -2.45. The third-order valence-electron chi connectivity index (χ3n) is 19.4. The number of hydrogen-bond acceptors (Lipinski definition) is 5. The summed E-state index contributed by atoms with van der Waals surface area (Å²) in [5.41, 5.74) is 0. The number of unbranched alkanes of at least 4 members (excludes halogenated alkanes) is 61. The van der Waals surface area contributed by atoms with Crippen LogP contribution in [0.4, 0.5) is 0 Å². The van der Waals surface area contributed by atoms with Gasteiger partial charge in [-0.1, -0.05) is 403 Å². The number of ether oxygens (including phenoxy) is 1. The van der Waals surface area contributed by atoms with Gasteiger partial charge in [-0.05, 0) is 83.5 Å². The van der Waals surface area contributed by atoms with Crippen LogP contribution in [-0.4, -0.2) is 47.4 Å². The van der Waals surface area contributed by atoms with Crippen LogP contribution in [0.5, 0.6) is 0 Å². The Bertz CT molecular complexity index is 1460. The van der Waals surface area contributed by atoms with Gasteiger partial charge >= 0.3 is 5.97 Å². The number of hydrogen-bond donors (Lipinski definition) is 3. The molecule has 2 unspecified atom stereocenters. The first-order valence-corrected chi connectivity index (χ1v) is 41.2. The van der Waals surface area contributed by atoms with Crippen molar-refractivity contribution < 1.29 is 24.5 Å². The number of esters is 1. The van der Waals surface area contributed by atoms with Crippen molar-refractivity contribution in [2.24, 2.45) is 0 Å². The van der Waals surface area contributed by atoms with Gasteiger partial charge in [0.05, 0.1) is 25.4 Å². The molecule has 0 saturated heterocycles. The lowest BCUT2D eigenvalue weighted by Gasteiger charge is -2.22. The highest BCUT2D eigenvalue weighted by atomic mass is 16.5. The molecule has 0 rings (SSSR count). The van der Waals surface area contributed by atoms with Crippen LogP contribution in [0.15, 0.2) is 36.5 Å². The maximum absolute atomic E-state index is 12.6. The lowest BCUT2D eigenvalue weighted by molar-refractivity contribution is -0.143. The second-order valence-electron chi connectivity index (χ2n) is 28.5. The van der Waals surface area contributed by atoms with Crippen molar-refractivity contribution in [2.45, 2.75) is 475 Å². The molecule has 0 aliphatic carbocycles. The summed E-state index contributed by atoms with van der Waals surface area (Å²) in [6.45, 7) is 4.98. The minimum absolute atomic E-state index is 0.0137. The Kier molecular flexibility index (Phi) is 77.8. The van der Waals surface area contributed by atoms with Gasteiger partial charge in [0.25, 0.3) is 0 Å². The van der Waals surface area contributed by atoms with Crippen molar-refractivity contribution >= 4 is 11.9 Å². The van der Waals surface area contributed by atoms with Gasteiger partial charge in [0.2, 0.25) is 5.91 Å². The minimum atomic E-state index is -0.663. The molecule has 0 fully saturated rings. The van der Waals surface area contributed by atoms with Crippen LogP contribution in [0.2, 0.25) is 0 Å². The topological polar surface area (TPSA) is 95.9 Å². The normalized spacial score (nSPS) is 12.6. The molecular weight excluding hydrogens is 1100 g/mol. The molecule has 1 amide bonds. The second kappa shape index (κ2) is 79.5. The standard InChI is InChI=1S/C84H161NO5/c1-3-5-7-9-11-13-15-17-19-21-23-41-44-48-52-56-60-64-68-72-76-82(87)81(80-86)85-83(88)77-73-69-65-61-57-53-49-45-42-39-37-35-33-31-29-27-25-24-26-28-30-32-34-36-38-40-43-47-51-55-59-63-67-71-75-79-90-84(89)78-74-70-66-62-58-54-50-46-22-20-18-16-14-12-10-8-6-4-2/h14,16,20,22,26,28,81-82,86-87H,3-13,15,17-19,21,23-25,27,29-80H2,1-2H3,(H,85,88)/b16-14-,22-20-,28-26-. The Morgan fingerprint density at radius 2 is 0.556 bits per heavy atom. The second-order valence-corrected chi connectivity index (χ2v) is 28.5. The van der Waals surface area contributed by atoms with Gasteiger partial charge in [0.15, 0.2) is 0 Å². The highest BCUT2D eigenvalue weighted by molar-refractivity contribution is 5.76. The van der Waals surface area contributed by atoms with Gasteiger partial charge in [0.1, 0.15) is 0 Å². The van der Waals surface area contributed by atoms with E-state index in [9.17, 15) is 19.8 Å². The zero-order valence-electron chi connectivity index (χ0n) is 61.1. The van der Waals surface area contributed by atoms with E-state index >= 15 is 0 Å². The summed E-state index contributed by atoms with van der Waals surface area (Å²) in [6, 6.07) is -0.540. The predicted octanol–water partition coefficient (Wildman–Crippen LogP) is 27.4. The number of amides is 1. The fourth-order valence-corrected chi connectivity index (χ4v) is 13.1. The van der Waals surface area contributed by atoms with E-state index in [4.69, 9.17) is 4.74 Å². The number of aliphatic hydroxyl groups is 2. The highest BCUT2D eigenvalue weighted by Gasteiger charge is 2.20. The zero-order valence-corrected chi connectivity index (χ0v) is 61.1. The Morgan fingerprint density at radius 1 is 0.311 bits per heavy atom. The summed E-state index contributed by atoms with van der Waals surface area (Å²) in [4.78, 5) is 24.7. The Balaban J connectivity index is 3.34. The van der Waals surface area contributed by atoms with Gasteiger partial charge < -0.3 is 20.3 Å². The minimum Gasteiger partial charge on any atom is -0.466 e. The van der Waals surface area contributed by atoms with Gasteiger partial charge in [-0.15, -0.1) is 0 Å². The summed E-state index contributed by atoms with van der Waals surface area (Å²) in [6.07, 6.45) is 104. The largest absolute Gasteiger partial charge is 0.466 e. The van der Waals surface area contributed by atoms with Crippen molar-refractivity contribution in [2.75, 3.05) is 13.2 Å². The average molecular weight is 1270 g/mol. The Hall–Kier alpha value is -1.92. The first kappa shape index (κ1) is 88.1. The van der Waals surface area contributed by atoms with E-state index in [2.05, 4.69) is 55.6 Å². The maximum Gasteiger partial charge on any atom is 0.305 e. The lowest BCUT2D eigenvalue weighted by atomic mass is 10.0. The van der Waals surface area contributed by atoms with Crippen LogP contribution in [0.3, 0.4) is 0 Å². The first-order valence-electron chi connectivity index (χ1n) is 41.2. The van der Waals surface area contributed by atoms with Crippen molar-refractivity contribution in [3.63, 3.8) is 0 Å². The van der Waals surface area contributed by atoms with Gasteiger partial charge in [-0.2, -0.15) is 0 Å². The third kappa shape index (κ3) is 75.1. The fourth-order valence-electron chi connectivity index (χ4n) is 13.1. The maximum atomic E-state index is 12.6. The van der Waals surface area contributed by atoms with Gasteiger partial charge in [-0.25, -0.2) is 0 Å². The summed E-state index contributed by atoms with van der Waals surface area (Å²) >= 11 is 0. The van der Waals surface area contributed by atoms with Crippen molar-refractivity contribution in [3.05, 3.63) is 36.5 Å². The Morgan fingerprint density at radius 3 is 0.867 bits per heavy atom.